The first-order valence-corrected chi connectivity index (χ1v) is 8.03. The van der Waals surface area contributed by atoms with E-state index in [1.165, 1.54) is 16.7 Å². The van der Waals surface area contributed by atoms with E-state index in [4.69, 9.17) is 9.47 Å². The first-order chi connectivity index (χ1) is 11.7. The monoisotopic (exact) mass is 316 g/mol. The van der Waals surface area contributed by atoms with Crippen LogP contribution in [0, 0.1) is 0 Å². The highest BCUT2D eigenvalue weighted by atomic mass is 16.5. The molecule has 0 amide bonds. The quantitative estimate of drug-likeness (QED) is 0.529. The average Bonchev–Trinajstić information content (AvgIpc) is 2.68. The van der Waals surface area contributed by atoms with Gasteiger partial charge in [-0.1, -0.05) is 54.6 Å². The molecule has 0 aliphatic heterocycles. The molecule has 0 unspecified atom stereocenters. The van der Waals surface area contributed by atoms with Gasteiger partial charge in [-0.15, -0.1) is 0 Å². The largest absolute Gasteiger partial charge is 0.497 e. The van der Waals surface area contributed by atoms with Crippen molar-refractivity contribution >= 4 is 7.85 Å². The molecule has 0 aliphatic rings. The molecule has 0 bridgehead atoms. The van der Waals surface area contributed by atoms with Crippen LogP contribution in [-0.2, 0) is 5.31 Å². The summed E-state index contributed by atoms with van der Waals surface area (Å²) in [6.45, 7) is 0. The van der Waals surface area contributed by atoms with Crippen LogP contribution in [0.25, 0.3) is 0 Å². The summed E-state index contributed by atoms with van der Waals surface area (Å²) in [6, 6.07) is 27.2. The van der Waals surface area contributed by atoms with E-state index in [-0.39, 0.29) is 5.31 Å². The minimum absolute atomic E-state index is 0.250. The summed E-state index contributed by atoms with van der Waals surface area (Å²) in [4.78, 5) is 0. The molecule has 3 aromatic carbocycles. The smallest absolute Gasteiger partial charge is 0.126 e. The second kappa shape index (κ2) is 6.83. The Labute approximate surface area is 144 Å². The highest BCUT2D eigenvalue weighted by Gasteiger charge is 2.30. The lowest BCUT2D eigenvalue weighted by Crippen LogP contribution is -2.29. The van der Waals surface area contributed by atoms with E-state index in [9.17, 15) is 0 Å². The molecule has 3 aromatic rings. The standard InChI is InChI=1S/C21H21BO2/c1-23-19-12-8-17(9-13-19)21(22,16-6-4-3-5-7-16)18-10-14-20(24-2)15-11-18/h3-15H,22H2,1-2H3. The van der Waals surface area contributed by atoms with Crippen molar-refractivity contribution in [3.8, 4) is 11.5 Å². The number of hydrogen-bond donors (Lipinski definition) is 0. The van der Waals surface area contributed by atoms with Gasteiger partial charge in [0.2, 0.25) is 0 Å². The fourth-order valence-electron chi connectivity index (χ4n) is 3.12. The fraction of sp³-hybridized carbons (Fsp3) is 0.143. The lowest BCUT2D eigenvalue weighted by Gasteiger charge is -2.32. The predicted molar refractivity (Wildman–Crippen MR) is 101 cm³/mol. The van der Waals surface area contributed by atoms with Gasteiger partial charge >= 0.3 is 0 Å². The third-order valence-corrected chi connectivity index (χ3v) is 4.69. The summed E-state index contributed by atoms with van der Waals surface area (Å²) in [5.74, 6) is 1.73. The minimum Gasteiger partial charge on any atom is -0.497 e. The minimum atomic E-state index is -0.250. The third-order valence-electron chi connectivity index (χ3n) is 4.69. The predicted octanol–water partition coefficient (Wildman–Crippen LogP) is 3.63. The van der Waals surface area contributed by atoms with Gasteiger partial charge < -0.3 is 9.47 Å². The summed E-state index contributed by atoms with van der Waals surface area (Å²) >= 11 is 0. The average molecular weight is 316 g/mol. The maximum atomic E-state index is 5.31. The van der Waals surface area contributed by atoms with Crippen LogP contribution in [0.1, 0.15) is 16.7 Å². The summed E-state index contributed by atoms with van der Waals surface area (Å²) in [6.07, 6.45) is 0. The van der Waals surface area contributed by atoms with Gasteiger partial charge in [0.15, 0.2) is 0 Å². The van der Waals surface area contributed by atoms with Gasteiger partial charge in [-0.05, 0) is 41.0 Å². The van der Waals surface area contributed by atoms with E-state index in [1.807, 2.05) is 30.3 Å². The summed E-state index contributed by atoms with van der Waals surface area (Å²) in [5.41, 5.74) is 3.69. The maximum absolute atomic E-state index is 5.31. The Hall–Kier alpha value is -2.68. The van der Waals surface area contributed by atoms with Crippen molar-refractivity contribution in [2.24, 2.45) is 0 Å². The molecule has 0 saturated carbocycles. The Morgan fingerprint density at radius 1 is 0.583 bits per heavy atom. The van der Waals surface area contributed by atoms with Crippen LogP contribution in [0.5, 0.6) is 11.5 Å². The lowest BCUT2D eigenvalue weighted by molar-refractivity contribution is 0.414. The molecule has 2 nitrogen and oxygen atoms in total. The molecule has 0 atom stereocenters. The maximum Gasteiger partial charge on any atom is 0.126 e. The van der Waals surface area contributed by atoms with Crippen molar-refractivity contribution in [2.45, 2.75) is 5.31 Å². The van der Waals surface area contributed by atoms with Crippen LogP contribution in [-0.4, -0.2) is 22.1 Å². The number of hydrogen-bond acceptors (Lipinski definition) is 2. The van der Waals surface area contributed by atoms with Gasteiger partial charge in [0.05, 0.1) is 14.2 Å². The van der Waals surface area contributed by atoms with E-state index in [2.05, 4.69) is 56.4 Å². The van der Waals surface area contributed by atoms with Crippen molar-refractivity contribution < 1.29 is 9.47 Å². The zero-order valence-electron chi connectivity index (χ0n) is 14.3. The molecule has 0 N–H and O–H groups in total. The molecule has 0 fully saturated rings. The summed E-state index contributed by atoms with van der Waals surface area (Å²) < 4.78 is 10.6. The molecule has 3 heteroatoms. The Morgan fingerprint density at radius 3 is 1.33 bits per heavy atom. The van der Waals surface area contributed by atoms with Crippen molar-refractivity contribution in [3.05, 3.63) is 95.6 Å². The highest BCUT2D eigenvalue weighted by Crippen LogP contribution is 2.37. The van der Waals surface area contributed by atoms with Gasteiger partial charge in [-0.2, -0.15) is 0 Å². The van der Waals surface area contributed by atoms with Gasteiger partial charge in [-0.25, -0.2) is 0 Å². The Morgan fingerprint density at radius 2 is 0.958 bits per heavy atom. The molecule has 0 aliphatic carbocycles. The molecule has 24 heavy (non-hydrogen) atoms. The number of rotatable bonds is 5. The van der Waals surface area contributed by atoms with Crippen molar-refractivity contribution in [1.82, 2.24) is 0 Å². The zero-order valence-corrected chi connectivity index (χ0v) is 14.3. The molecule has 3 rings (SSSR count). The lowest BCUT2D eigenvalue weighted by atomic mass is 9.56. The molecular weight excluding hydrogens is 295 g/mol. The summed E-state index contributed by atoms with van der Waals surface area (Å²) in [7, 11) is 5.63. The molecule has 0 spiro atoms. The normalized spacial score (nSPS) is 11.1. The number of methoxy groups -OCH3 is 2. The van der Waals surface area contributed by atoms with Gasteiger partial charge in [0, 0.05) is 5.31 Å². The van der Waals surface area contributed by atoms with Crippen molar-refractivity contribution in [1.29, 1.82) is 0 Å². The van der Waals surface area contributed by atoms with Crippen LogP contribution in [0.2, 0.25) is 0 Å². The first kappa shape index (κ1) is 16.2. The Balaban J connectivity index is 2.16. The first-order valence-electron chi connectivity index (χ1n) is 8.03. The molecule has 0 aromatic heterocycles. The second-order valence-corrected chi connectivity index (χ2v) is 5.95. The van der Waals surface area contributed by atoms with E-state index < -0.39 is 0 Å². The van der Waals surface area contributed by atoms with Crippen LogP contribution in [0.3, 0.4) is 0 Å². The van der Waals surface area contributed by atoms with E-state index >= 15 is 0 Å². The number of ether oxygens (including phenoxy) is 2. The second-order valence-electron chi connectivity index (χ2n) is 5.95. The molecular formula is C21H21BO2. The SMILES string of the molecule is BC(c1ccccc1)(c1ccc(OC)cc1)c1ccc(OC)cc1. The van der Waals surface area contributed by atoms with Gasteiger partial charge in [0.1, 0.15) is 19.3 Å². The van der Waals surface area contributed by atoms with Crippen LogP contribution < -0.4 is 9.47 Å². The van der Waals surface area contributed by atoms with Crippen LogP contribution in [0.15, 0.2) is 78.9 Å². The van der Waals surface area contributed by atoms with E-state index in [0.29, 0.717) is 0 Å². The highest BCUT2D eigenvalue weighted by molar-refractivity contribution is 6.20. The van der Waals surface area contributed by atoms with Gasteiger partial charge in [0.25, 0.3) is 0 Å². The number of benzene rings is 3. The van der Waals surface area contributed by atoms with Gasteiger partial charge in [-0.3, -0.25) is 0 Å². The van der Waals surface area contributed by atoms with Crippen LogP contribution >= 0.6 is 0 Å². The molecule has 0 heterocycles. The zero-order chi connectivity index (χ0) is 17.0. The third kappa shape index (κ3) is 2.90. The fourth-order valence-corrected chi connectivity index (χ4v) is 3.12. The van der Waals surface area contributed by atoms with Crippen LogP contribution in [0.4, 0.5) is 0 Å². The molecule has 0 radical (unpaired) electrons. The Kier molecular flexibility index (Phi) is 4.61. The van der Waals surface area contributed by atoms with E-state index in [1.54, 1.807) is 14.2 Å². The Bertz CT molecular complexity index is 733. The van der Waals surface area contributed by atoms with Crippen molar-refractivity contribution in [2.75, 3.05) is 14.2 Å². The van der Waals surface area contributed by atoms with Crippen molar-refractivity contribution in [3.63, 3.8) is 0 Å². The topological polar surface area (TPSA) is 18.5 Å². The van der Waals surface area contributed by atoms with E-state index in [0.717, 1.165) is 11.5 Å². The molecule has 0 saturated heterocycles. The molecule has 120 valence electrons. The summed E-state index contributed by atoms with van der Waals surface area (Å²) in [5, 5.41) is -0.250.